The molecule has 0 unspecified atom stereocenters. The van der Waals surface area contributed by atoms with Crippen LogP contribution in [0.1, 0.15) is 13.3 Å². The van der Waals surface area contributed by atoms with Gasteiger partial charge in [-0.15, -0.1) is 0 Å². The van der Waals surface area contributed by atoms with Gasteiger partial charge in [0, 0.05) is 0 Å². The van der Waals surface area contributed by atoms with Crippen molar-refractivity contribution in [1.29, 1.82) is 0 Å². The average molecular weight is 158 g/mol. The lowest BCUT2D eigenvalue weighted by Gasteiger charge is -2.06. The Kier molecular flexibility index (Phi) is 2.12. The largest absolute Gasteiger partial charge is 0.481 e. The van der Waals surface area contributed by atoms with E-state index >= 15 is 0 Å². The molecule has 1 aliphatic heterocycles. The Labute approximate surface area is 64.2 Å². The number of hydrogen-bond donors (Lipinski definition) is 1. The van der Waals surface area contributed by atoms with Crippen molar-refractivity contribution >= 4 is 11.9 Å². The van der Waals surface area contributed by atoms with Crippen LogP contribution >= 0.6 is 0 Å². The van der Waals surface area contributed by atoms with Crippen molar-refractivity contribution < 1.29 is 19.4 Å². The van der Waals surface area contributed by atoms with Crippen LogP contribution in [0.15, 0.2) is 0 Å². The first kappa shape index (κ1) is 8.04. The molecule has 0 aromatic carbocycles. The van der Waals surface area contributed by atoms with E-state index in [1.165, 1.54) is 0 Å². The van der Waals surface area contributed by atoms with Gasteiger partial charge in [-0.05, 0) is 6.42 Å². The van der Waals surface area contributed by atoms with Crippen LogP contribution in [0.2, 0.25) is 0 Å². The molecule has 0 aromatic heterocycles. The molecule has 4 heteroatoms. The normalized spacial score (nSPS) is 30.1. The van der Waals surface area contributed by atoms with E-state index in [2.05, 4.69) is 4.74 Å². The molecule has 1 rings (SSSR count). The van der Waals surface area contributed by atoms with Crippen molar-refractivity contribution in [2.75, 3.05) is 6.61 Å². The smallest absolute Gasteiger partial charge is 0.310 e. The van der Waals surface area contributed by atoms with Gasteiger partial charge in [0.25, 0.3) is 0 Å². The Balaban J connectivity index is 2.68. The average Bonchev–Trinajstić information content (AvgIpc) is 2.30. The van der Waals surface area contributed by atoms with E-state index in [4.69, 9.17) is 5.11 Å². The van der Waals surface area contributed by atoms with E-state index < -0.39 is 17.8 Å². The van der Waals surface area contributed by atoms with Crippen LogP contribution in [0.3, 0.4) is 0 Å². The maximum Gasteiger partial charge on any atom is 0.310 e. The summed E-state index contributed by atoms with van der Waals surface area (Å²) >= 11 is 0. The summed E-state index contributed by atoms with van der Waals surface area (Å²) in [5.74, 6) is -2.39. The maximum atomic E-state index is 10.8. The molecule has 1 N–H and O–H groups in total. The Morgan fingerprint density at radius 2 is 2.45 bits per heavy atom. The molecule has 1 fully saturated rings. The summed E-state index contributed by atoms with van der Waals surface area (Å²) in [6.07, 6.45) is 0.538. The number of rotatable bonds is 2. The predicted molar refractivity (Wildman–Crippen MR) is 35.9 cm³/mol. The van der Waals surface area contributed by atoms with Gasteiger partial charge in [0.2, 0.25) is 0 Å². The number of carbonyl (C=O) groups excluding carboxylic acids is 1. The fourth-order valence-electron chi connectivity index (χ4n) is 1.25. The van der Waals surface area contributed by atoms with E-state index in [0.29, 0.717) is 6.42 Å². The number of ether oxygens (including phenoxy) is 1. The minimum Gasteiger partial charge on any atom is -0.481 e. The summed E-state index contributed by atoms with van der Waals surface area (Å²) in [6.45, 7) is 1.82. The van der Waals surface area contributed by atoms with Crippen LogP contribution in [0.5, 0.6) is 0 Å². The maximum absolute atomic E-state index is 10.8. The number of esters is 1. The van der Waals surface area contributed by atoms with Crippen molar-refractivity contribution in [2.24, 2.45) is 11.8 Å². The zero-order valence-electron chi connectivity index (χ0n) is 6.24. The minimum atomic E-state index is -0.942. The van der Waals surface area contributed by atoms with Gasteiger partial charge in [-0.25, -0.2) is 0 Å². The van der Waals surface area contributed by atoms with Gasteiger partial charge < -0.3 is 9.84 Å². The minimum absolute atomic E-state index is 0.0344. The first-order valence-corrected chi connectivity index (χ1v) is 3.56. The fraction of sp³-hybridized carbons (Fsp3) is 0.714. The molecule has 1 heterocycles. The zero-order valence-corrected chi connectivity index (χ0v) is 6.24. The second-order valence-electron chi connectivity index (χ2n) is 2.59. The third kappa shape index (κ3) is 1.34. The molecule has 0 amide bonds. The van der Waals surface area contributed by atoms with Crippen molar-refractivity contribution in [3.05, 3.63) is 0 Å². The van der Waals surface area contributed by atoms with Crippen molar-refractivity contribution in [3.63, 3.8) is 0 Å². The van der Waals surface area contributed by atoms with Gasteiger partial charge in [-0.1, -0.05) is 6.92 Å². The van der Waals surface area contributed by atoms with E-state index in [9.17, 15) is 9.59 Å². The molecular weight excluding hydrogens is 148 g/mol. The number of aliphatic carboxylic acids is 1. The fourth-order valence-corrected chi connectivity index (χ4v) is 1.25. The van der Waals surface area contributed by atoms with Gasteiger partial charge >= 0.3 is 11.9 Å². The lowest BCUT2D eigenvalue weighted by Crippen LogP contribution is -2.22. The molecule has 0 aliphatic carbocycles. The number of carboxylic acids is 1. The van der Waals surface area contributed by atoms with E-state index in [1.807, 2.05) is 0 Å². The van der Waals surface area contributed by atoms with Crippen LogP contribution in [-0.2, 0) is 14.3 Å². The lowest BCUT2D eigenvalue weighted by molar-refractivity contribution is -0.144. The van der Waals surface area contributed by atoms with Crippen molar-refractivity contribution in [2.45, 2.75) is 13.3 Å². The molecule has 11 heavy (non-hydrogen) atoms. The quantitative estimate of drug-likeness (QED) is 0.586. The van der Waals surface area contributed by atoms with E-state index in [-0.39, 0.29) is 12.6 Å². The Hall–Kier alpha value is -1.06. The third-order valence-electron chi connectivity index (χ3n) is 1.95. The second-order valence-corrected chi connectivity index (χ2v) is 2.59. The molecule has 1 saturated heterocycles. The molecule has 0 saturated carbocycles. The lowest BCUT2D eigenvalue weighted by atomic mass is 9.93. The summed E-state index contributed by atoms with van der Waals surface area (Å²) in [5.41, 5.74) is 0. The van der Waals surface area contributed by atoms with Gasteiger partial charge in [-0.2, -0.15) is 0 Å². The first-order chi connectivity index (χ1) is 5.16. The summed E-state index contributed by atoms with van der Waals surface area (Å²) in [6, 6.07) is 0. The molecule has 0 bridgehead atoms. The van der Waals surface area contributed by atoms with Crippen molar-refractivity contribution in [3.8, 4) is 0 Å². The summed E-state index contributed by atoms with van der Waals surface area (Å²) < 4.78 is 4.61. The molecular formula is C7H10O4. The number of hydrogen-bond acceptors (Lipinski definition) is 3. The molecule has 0 spiro atoms. The van der Waals surface area contributed by atoms with Crippen molar-refractivity contribution in [1.82, 2.24) is 0 Å². The van der Waals surface area contributed by atoms with Crippen LogP contribution < -0.4 is 0 Å². The molecule has 62 valence electrons. The Bertz CT molecular complexity index is 187. The van der Waals surface area contributed by atoms with Crippen LogP contribution in [0, 0.1) is 11.8 Å². The Morgan fingerprint density at radius 1 is 1.82 bits per heavy atom. The van der Waals surface area contributed by atoms with Crippen LogP contribution in [-0.4, -0.2) is 23.7 Å². The standard InChI is InChI=1S/C7H10O4/c1-2-4-5(6(8)9)3-11-7(4)10/h4-5H,2-3H2,1H3,(H,8,9)/t4-,5-/m0/s1. The monoisotopic (exact) mass is 158 g/mol. The number of carboxylic acid groups (broad SMARTS) is 1. The highest BCUT2D eigenvalue weighted by Gasteiger charge is 2.40. The van der Waals surface area contributed by atoms with Crippen LogP contribution in [0.25, 0.3) is 0 Å². The first-order valence-electron chi connectivity index (χ1n) is 3.56. The summed E-state index contributed by atoms with van der Waals surface area (Å²) in [4.78, 5) is 21.3. The van der Waals surface area contributed by atoms with Gasteiger partial charge in [-0.3, -0.25) is 9.59 Å². The number of cyclic esters (lactones) is 1. The van der Waals surface area contributed by atoms with E-state index in [0.717, 1.165) is 0 Å². The second kappa shape index (κ2) is 2.90. The summed E-state index contributed by atoms with van der Waals surface area (Å²) in [7, 11) is 0. The zero-order chi connectivity index (χ0) is 8.43. The van der Waals surface area contributed by atoms with Gasteiger partial charge in [0.1, 0.15) is 12.5 Å². The predicted octanol–water partition coefficient (Wildman–Crippen LogP) is 0.270. The highest BCUT2D eigenvalue weighted by atomic mass is 16.5. The SMILES string of the molecule is CC[C@@H]1C(=O)OC[C@@H]1C(=O)O. The molecule has 2 atom stereocenters. The van der Waals surface area contributed by atoms with E-state index in [1.54, 1.807) is 6.92 Å². The highest BCUT2D eigenvalue weighted by Crippen LogP contribution is 2.24. The molecule has 4 nitrogen and oxygen atoms in total. The van der Waals surface area contributed by atoms with Gasteiger partial charge in [0.05, 0.1) is 5.92 Å². The number of carbonyl (C=O) groups is 2. The third-order valence-corrected chi connectivity index (χ3v) is 1.95. The molecule has 0 aromatic rings. The van der Waals surface area contributed by atoms with Crippen LogP contribution in [0.4, 0.5) is 0 Å². The van der Waals surface area contributed by atoms with Gasteiger partial charge in [0.15, 0.2) is 0 Å². The summed E-state index contributed by atoms with van der Waals surface area (Å²) in [5, 5.41) is 8.60. The molecule has 0 radical (unpaired) electrons. The topological polar surface area (TPSA) is 63.6 Å². The Morgan fingerprint density at radius 3 is 2.82 bits per heavy atom. The molecule has 1 aliphatic rings. The highest BCUT2D eigenvalue weighted by molar-refractivity contribution is 5.83.